The van der Waals surface area contributed by atoms with E-state index in [1.54, 1.807) is 57.4 Å². The summed E-state index contributed by atoms with van der Waals surface area (Å²) in [7, 11) is 1.56. The average molecular weight is 565 g/mol. The molecule has 1 saturated heterocycles. The zero-order valence-electron chi connectivity index (χ0n) is 22.3. The molecule has 0 saturated carbocycles. The topological polar surface area (TPSA) is 126 Å². The molecule has 0 spiro atoms. The zero-order chi connectivity index (χ0) is 28.4. The number of nitro benzene ring substituents is 1. The number of rotatable bonds is 7. The van der Waals surface area contributed by atoms with E-state index in [9.17, 15) is 19.7 Å². The van der Waals surface area contributed by atoms with Crippen molar-refractivity contribution in [3.63, 3.8) is 0 Å². The van der Waals surface area contributed by atoms with Crippen LogP contribution in [0.5, 0.6) is 5.75 Å². The van der Waals surface area contributed by atoms with Crippen LogP contribution in [0.25, 0.3) is 6.08 Å². The first kappa shape index (κ1) is 27.3. The number of carbonyl (C=O) groups is 1. The summed E-state index contributed by atoms with van der Waals surface area (Å²) in [5.74, 6) is 0.0861. The van der Waals surface area contributed by atoms with Crippen LogP contribution in [0.4, 0.5) is 11.4 Å². The molecule has 1 aromatic heterocycles. The second-order valence-electron chi connectivity index (χ2n) is 9.18. The molecule has 3 aromatic rings. The highest BCUT2D eigenvalue weighted by molar-refractivity contribution is 7.07. The lowest BCUT2D eigenvalue weighted by Crippen LogP contribution is -2.40. The number of ether oxygens (including phenoxy) is 3. The van der Waals surface area contributed by atoms with Crippen LogP contribution in [0.15, 0.2) is 63.5 Å². The van der Waals surface area contributed by atoms with Crippen molar-refractivity contribution in [2.24, 2.45) is 4.99 Å². The zero-order valence-corrected chi connectivity index (χ0v) is 23.1. The van der Waals surface area contributed by atoms with Crippen molar-refractivity contribution in [2.45, 2.75) is 19.9 Å². The Morgan fingerprint density at radius 3 is 2.60 bits per heavy atom. The Kier molecular flexibility index (Phi) is 7.81. The van der Waals surface area contributed by atoms with Crippen molar-refractivity contribution in [3.8, 4) is 5.75 Å². The summed E-state index contributed by atoms with van der Waals surface area (Å²) in [4.78, 5) is 45.3. The van der Waals surface area contributed by atoms with Crippen LogP contribution in [0.2, 0.25) is 0 Å². The van der Waals surface area contributed by atoms with E-state index in [4.69, 9.17) is 14.2 Å². The van der Waals surface area contributed by atoms with E-state index in [2.05, 4.69) is 9.89 Å². The number of hydrogen-bond donors (Lipinski definition) is 0. The Balaban J connectivity index is 1.70. The number of carbonyl (C=O) groups excluding carboxylic acids is 1. The second kappa shape index (κ2) is 11.4. The van der Waals surface area contributed by atoms with Gasteiger partial charge in [-0.1, -0.05) is 23.5 Å². The molecule has 1 fully saturated rings. The fraction of sp³-hybridized carbons (Fsp3) is 0.321. The molecule has 0 N–H and O–H groups in total. The highest BCUT2D eigenvalue weighted by Crippen LogP contribution is 2.32. The van der Waals surface area contributed by atoms with Crippen LogP contribution < -0.4 is 24.5 Å². The number of thiazole rings is 1. The quantitative estimate of drug-likeness (QED) is 0.244. The fourth-order valence-corrected chi connectivity index (χ4v) is 5.94. The molecular formula is C28H28N4O7S. The first-order valence-electron chi connectivity index (χ1n) is 12.8. The molecule has 2 aliphatic rings. The third kappa shape index (κ3) is 5.15. The Morgan fingerprint density at radius 1 is 1.23 bits per heavy atom. The van der Waals surface area contributed by atoms with Gasteiger partial charge in [-0.05, 0) is 43.7 Å². The van der Waals surface area contributed by atoms with Crippen molar-refractivity contribution in [1.29, 1.82) is 0 Å². The van der Waals surface area contributed by atoms with Gasteiger partial charge in [0.05, 0.1) is 53.7 Å². The van der Waals surface area contributed by atoms with E-state index >= 15 is 0 Å². The lowest BCUT2D eigenvalue weighted by molar-refractivity contribution is -0.384. The molecule has 208 valence electrons. The molecule has 1 atom stereocenters. The van der Waals surface area contributed by atoms with Crippen LogP contribution in [-0.2, 0) is 14.3 Å². The molecule has 0 unspecified atom stereocenters. The number of allylic oxidation sites excluding steroid dienone is 1. The summed E-state index contributed by atoms with van der Waals surface area (Å²) in [6.45, 7) is 5.94. The molecule has 40 heavy (non-hydrogen) atoms. The number of nitro groups is 1. The van der Waals surface area contributed by atoms with Gasteiger partial charge in [0.25, 0.3) is 11.2 Å². The molecule has 12 heteroatoms. The van der Waals surface area contributed by atoms with E-state index in [0.29, 0.717) is 58.2 Å². The van der Waals surface area contributed by atoms with E-state index < -0.39 is 16.9 Å². The monoisotopic (exact) mass is 564 g/mol. The lowest BCUT2D eigenvalue weighted by atomic mass is 9.96. The standard InChI is InChI=1S/C28H28N4O7S/c1-4-39-27(34)24-17(2)29-28-31(25(24)18-5-8-21(37-3)9-6-18)26(33)23(40-28)16-19-15-20(32(35)36)7-10-22(19)30-11-13-38-14-12-30/h5-10,15-16,25H,4,11-14H2,1-3H3/b23-16-/t25-/m1/s1. The number of morpholine rings is 1. The number of fused-ring (bicyclic) bond motifs is 1. The van der Waals surface area contributed by atoms with Crippen molar-refractivity contribution in [1.82, 2.24) is 4.57 Å². The van der Waals surface area contributed by atoms with E-state index in [0.717, 1.165) is 5.69 Å². The van der Waals surface area contributed by atoms with Gasteiger partial charge in [0.1, 0.15) is 5.75 Å². The number of aromatic nitrogens is 1. The highest BCUT2D eigenvalue weighted by atomic mass is 32.1. The Morgan fingerprint density at radius 2 is 1.95 bits per heavy atom. The predicted octanol–water partition coefficient (Wildman–Crippen LogP) is 2.55. The molecule has 0 radical (unpaired) electrons. The van der Waals surface area contributed by atoms with Crippen molar-refractivity contribution in [3.05, 3.63) is 94.7 Å². The van der Waals surface area contributed by atoms with Crippen molar-refractivity contribution in [2.75, 3.05) is 44.9 Å². The van der Waals surface area contributed by atoms with E-state index in [1.807, 2.05) is 0 Å². The third-order valence-electron chi connectivity index (χ3n) is 6.81. The van der Waals surface area contributed by atoms with Gasteiger partial charge in [-0.3, -0.25) is 19.5 Å². The molecule has 11 nitrogen and oxygen atoms in total. The van der Waals surface area contributed by atoms with Gasteiger partial charge < -0.3 is 19.1 Å². The summed E-state index contributed by atoms with van der Waals surface area (Å²) in [5, 5.41) is 11.6. The molecular weight excluding hydrogens is 536 g/mol. The Hall–Kier alpha value is -4.29. The average Bonchev–Trinajstić information content (AvgIpc) is 3.26. The van der Waals surface area contributed by atoms with Crippen molar-refractivity contribution < 1.29 is 23.9 Å². The van der Waals surface area contributed by atoms with E-state index in [1.165, 1.54) is 28.0 Å². The van der Waals surface area contributed by atoms with Crippen LogP contribution >= 0.6 is 11.3 Å². The maximum Gasteiger partial charge on any atom is 0.338 e. The number of non-ortho nitro benzene ring substituents is 1. The van der Waals surface area contributed by atoms with Crippen LogP contribution in [0.1, 0.15) is 31.0 Å². The minimum absolute atomic E-state index is 0.0763. The van der Waals surface area contributed by atoms with Gasteiger partial charge in [-0.25, -0.2) is 9.79 Å². The number of esters is 1. The molecule has 0 aliphatic carbocycles. The second-order valence-corrected chi connectivity index (χ2v) is 10.2. The highest BCUT2D eigenvalue weighted by Gasteiger charge is 2.33. The predicted molar refractivity (Wildman–Crippen MR) is 150 cm³/mol. The number of benzene rings is 2. The van der Waals surface area contributed by atoms with Gasteiger partial charge >= 0.3 is 5.97 Å². The smallest absolute Gasteiger partial charge is 0.338 e. The Bertz CT molecular complexity index is 1670. The van der Waals surface area contributed by atoms with Gasteiger partial charge in [-0.15, -0.1) is 0 Å². The third-order valence-corrected chi connectivity index (χ3v) is 7.79. The van der Waals surface area contributed by atoms with Crippen LogP contribution in [0, 0.1) is 10.1 Å². The summed E-state index contributed by atoms with van der Waals surface area (Å²) in [6, 6.07) is 11.0. The SMILES string of the molecule is CCOC(=O)C1=C(C)N=c2s/c(=C\c3cc([N+](=O)[O-])ccc3N3CCOCC3)c(=O)n2[C@@H]1c1ccc(OC)cc1. The molecule has 5 rings (SSSR count). The first-order chi connectivity index (χ1) is 19.3. The summed E-state index contributed by atoms with van der Waals surface area (Å²) >= 11 is 1.17. The van der Waals surface area contributed by atoms with Crippen LogP contribution in [-0.4, -0.2) is 55.5 Å². The number of hydrogen-bond acceptors (Lipinski definition) is 10. The molecule has 0 amide bonds. The number of nitrogens with zero attached hydrogens (tertiary/aromatic N) is 4. The lowest BCUT2D eigenvalue weighted by Gasteiger charge is -2.30. The molecule has 0 bridgehead atoms. The number of anilines is 1. The minimum Gasteiger partial charge on any atom is -0.497 e. The molecule has 2 aliphatic heterocycles. The molecule has 2 aromatic carbocycles. The molecule has 3 heterocycles. The summed E-state index contributed by atoms with van der Waals surface area (Å²) < 4.78 is 17.9. The normalized spacial score (nSPS) is 17.3. The van der Waals surface area contributed by atoms with Gasteiger partial charge in [0.2, 0.25) is 0 Å². The van der Waals surface area contributed by atoms with Gasteiger partial charge in [-0.2, -0.15) is 0 Å². The Labute approximate surface area is 233 Å². The maximum absolute atomic E-state index is 14.0. The summed E-state index contributed by atoms with van der Waals surface area (Å²) in [5.41, 5.74) is 2.30. The first-order valence-corrected chi connectivity index (χ1v) is 13.6. The maximum atomic E-state index is 14.0. The fourth-order valence-electron chi connectivity index (χ4n) is 4.90. The minimum atomic E-state index is -0.771. The number of methoxy groups -OCH3 is 1. The van der Waals surface area contributed by atoms with Crippen molar-refractivity contribution >= 4 is 34.8 Å². The van der Waals surface area contributed by atoms with E-state index in [-0.39, 0.29) is 23.4 Å². The summed E-state index contributed by atoms with van der Waals surface area (Å²) in [6.07, 6.45) is 1.66. The van der Waals surface area contributed by atoms with Gasteiger partial charge in [0, 0.05) is 36.5 Å². The largest absolute Gasteiger partial charge is 0.497 e. The van der Waals surface area contributed by atoms with Crippen LogP contribution in [0.3, 0.4) is 0 Å². The van der Waals surface area contributed by atoms with Gasteiger partial charge in [0.15, 0.2) is 4.80 Å².